The summed E-state index contributed by atoms with van der Waals surface area (Å²) < 4.78 is 14.6. The van der Waals surface area contributed by atoms with Crippen molar-refractivity contribution in [3.8, 4) is 5.69 Å². The van der Waals surface area contributed by atoms with Gasteiger partial charge in [0, 0.05) is 19.3 Å². The number of urea groups is 1. The second kappa shape index (κ2) is 8.11. The summed E-state index contributed by atoms with van der Waals surface area (Å²) in [5.41, 5.74) is 1.52. The first-order valence-corrected chi connectivity index (χ1v) is 8.61. The molecule has 2 heterocycles. The van der Waals surface area contributed by atoms with E-state index in [0.717, 1.165) is 30.9 Å². The van der Waals surface area contributed by atoms with Gasteiger partial charge in [-0.25, -0.2) is 13.9 Å². The Labute approximate surface area is 147 Å². The van der Waals surface area contributed by atoms with E-state index in [2.05, 4.69) is 27.7 Å². The number of halogens is 1. The number of carbonyl (C=O) groups excluding carboxylic acids is 1. The van der Waals surface area contributed by atoms with Gasteiger partial charge < -0.3 is 15.5 Å². The van der Waals surface area contributed by atoms with Crippen LogP contribution in [0.5, 0.6) is 0 Å². The topological polar surface area (TPSA) is 62.2 Å². The van der Waals surface area contributed by atoms with Gasteiger partial charge >= 0.3 is 6.03 Å². The summed E-state index contributed by atoms with van der Waals surface area (Å²) in [5, 5.41) is 10.1. The number of hydrogen-bond acceptors (Lipinski definition) is 3. The fraction of sp³-hybridized carbons (Fsp3) is 0.444. The van der Waals surface area contributed by atoms with Gasteiger partial charge in [-0.05, 0) is 62.7 Å². The molecule has 2 aromatic rings. The van der Waals surface area contributed by atoms with Crippen molar-refractivity contribution in [2.75, 3.05) is 26.7 Å². The molecule has 2 amide bonds. The highest BCUT2D eigenvalue weighted by atomic mass is 19.1. The smallest absolute Gasteiger partial charge is 0.315 e. The molecular formula is C18H24FN5O. The minimum Gasteiger partial charge on any atom is -0.338 e. The van der Waals surface area contributed by atoms with E-state index < -0.39 is 0 Å². The number of nitrogens with one attached hydrogen (secondary N) is 2. The molecule has 0 bridgehead atoms. The zero-order valence-corrected chi connectivity index (χ0v) is 14.4. The zero-order valence-electron chi connectivity index (χ0n) is 14.4. The number of carbonyl (C=O) groups is 1. The van der Waals surface area contributed by atoms with E-state index >= 15 is 0 Å². The fourth-order valence-electron chi connectivity index (χ4n) is 3.10. The number of hydrogen-bond donors (Lipinski definition) is 2. The molecule has 1 fully saturated rings. The molecule has 0 radical (unpaired) electrons. The largest absolute Gasteiger partial charge is 0.338 e. The number of aromatic nitrogens is 2. The van der Waals surface area contributed by atoms with E-state index in [1.54, 1.807) is 23.0 Å². The molecule has 0 aliphatic carbocycles. The van der Waals surface area contributed by atoms with Crippen molar-refractivity contribution in [3.63, 3.8) is 0 Å². The summed E-state index contributed by atoms with van der Waals surface area (Å²) >= 11 is 0. The molecule has 3 rings (SSSR count). The van der Waals surface area contributed by atoms with Gasteiger partial charge in [-0.1, -0.05) is 0 Å². The number of nitrogens with zero attached hydrogens (tertiary/aromatic N) is 3. The standard InChI is InChI=1S/C18H24FN5O/c1-23-9-2-3-14(13-23)11-20-18(25)21-12-16-8-10-24(22-16)17-6-4-15(19)5-7-17/h4-8,10,14H,2-3,9,11-13H2,1H3,(H2,20,21,25). The van der Waals surface area contributed by atoms with Gasteiger partial charge in [0.15, 0.2) is 0 Å². The molecule has 0 saturated carbocycles. The lowest BCUT2D eigenvalue weighted by molar-refractivity contribution is 0.202. The highest BCUT2D eigenvalue weighted by Gasteiger charge is 2.17. The maximum absolute atomic E-state index is 13.0. The van der Waals surface area contributed by atoms with Crippen LogP contribution in [0.1, 0.15) is 18.5 Å². The molecule has 1 atom stereocenters. The van der Waals surface area contributed by atoms with Crippen LogP contribution in [0, 0.1) is 11.7 Å². The van der Waals surface area contributed by atoms with Crippen LogP contribution in [0.3, 0.4) is 0 Å². The summed E-state index contributed by atoms with van der Waals surface area (Å²) in [6.07, 6.45) is 4.14. The lowest BCUT2D eigenvalue weighted by atomic mass is 9.99. The monoisotopic (exact) mass is 345 g/mol. The molecule has 25 heavy (non-hydrogen) atoms. The third-order valence-corrected chi connectivity index (χ3v) is 4.44. The first-order valence-electron chi connectivity index (χ1n) is 8.61. The van der Waals surface area contributed by atoms with Crippen LogP contribution in [0.25, 0.3) is 5.69 Å². The van der Waals surface area contributed by atoms with Crippen molar-refractivity contribution >= 4 is 6.03 Å². The highest BCUT2D eigenvalue weighted by molar-refractivity contribution is 5.73. The van der Waals surface area contributed by atoms with E-state index in [4.69, 9.17) is 0 Å². The molecule has 1 aromatic carbocycles. The lowest BCUT2D eigenvalue weighted by Crippen LogP contribution is -2.42. The van der Waals surface area contributed by atoms with Gasteiger partial charge in [0.1, 0.15) is 5.82 Å². The summed E-state index contributed by atoms with van der Waals surface area (Å²) in [7, 11) is 2.11. The van der Waals surface area contributed by atoms with Crippen molar-refractivity contribution < 1.29 is 9.18 Å². The molecule has 1 aromatic heterocycles. The Hall–Kier alpha value is -2.41. The molecular weight excluding hydrogens is 321 g/mol. The normalized spacial score (nSPS) is 18.1. The van der Waals surface area contributed by atoms with E-state index in [0.29, 0.717) is 19.0 Å². The molecule has 6 nitrogen and oxygen atoms in total. The average Bonchev–Trinajstić information content (AvgIpc) is 3.08. The molecule has 1 saturated heterocycles. The van der Waals surface area contributed by atoms with Crippen molar-refractivity contribution in [1.82, 2.24) is 25.3 Å². The minimum atomic E-state index is -0.279. The van der Waals surface area contributed by atoms with Crippen LogP contribution in [0.4, 0.5) is 9.18 Å². The number of amides is 2. The number of likely N-dealkylation sites (tertiary alicyclic amines) is 1. The van der Waals surface area contributed by atoms with Gasteiger partial charge in [-0.2, -0.15) is 5.10 Å². The van der Waals surface area contributed by atoms with Crippen molar-refractivity contribution in [3.05, 3.63) is 48.0 Å². The van der Waals surface area contributed by atoms with Crippen LogP contribution in [-0.4, -0.2) is 47.4 Å². The first kappa shape index (κ1) is 17.4. The van der Waals surface area contributed by atoms with Crippen LogP contribution < -0.4 is 10.6 Å². The predicted octanol–water partition coefficient (Wildman–Crippen LogP) is 2.15. The Morgan fingerprint density at radius 1 is 1.28 bits per heavy atom. The lowest BCUT2D eigenvalue weighted by Gasteiger charge is -2.29. The summed E-state index contributed by atoms with van der Waals surface area (Å²) in [6.45, 7) is 3.21. The quantitative estimate of drug-likeness (QED) is 0.873. The Morgan fingerprint density at radius 2 is 2.08 bits per heavy atom. The predicted molar refractivity (Wildman–Crippen MR) is 94.0 cm³/mol. The highest BCUT2D eigenvalue weighted by Crippen LogP contribution is 2.13. The SMILES string of the molecule is CN1CCCC(CNC(=O)NCc2ccn(-c3ccc(F)cc3)n2)C1. The van der Waals surface area contributed by atoms with Crippen LogP contribution in [0.2, 0.25) is 0 Å². The maximum Gasteiger partial charge on any atom is 0.315 e. The molecule has 7 heteroatoms. The number of rotatable bonds is 5. The summed E-state index contributed by atoms with van der Waals surface area (Å²) in [5.74, 6) is 0.237. The average molecular weight is 345 g/mol. The number of piperidine rings is 1. The molecule has 134 valence electrons. The minimum absolute atomic E-state index is 0.176. The Morgan fingerprint density at radius 3 is 2.84 bits per heavy atom. The molecule has 1 aliphatic heterocycles. The number of benzene rings is 1. The Kier molecular flexibility index (Phi) is 5.65. The van der Waals surface area contributed by atoms with Gasteiger partial charge in [0.25, 0.3) is 0 Å². The van der Waals surface area contributed by atoms with Gasteiger partial charge in [-0.3, -0.25) is 0 Å². The van der Waals surface area contributed by atoms with Gasteiger partial charge in [0.2, 0.25) is 0 Å². The molecule has 1 aliphatic rings. The van der Waals surface area contributed by atoms with Crippen LogP contribution in [0.15, 0.2) is 36.5 Å². The third kappa shape index (κ3) is 5.03. The summed E-state index contributed by atoms with van der Waals surface area (Å²) in [6, 6.07) is 7.76. The zero-order chi connectivity index (χ0) is 17.6. The fourth-order valence-corrected chi connectivity index (χ4v) is 3.10. The van der Waals surface area contributed by atoms with E-state index in [1.165, 1.54) is 18.6 Å². The van der Waals surface area contributed by atoms with Crippen molar-refractivity contribution in [1.29, 1.82) is 0 Å². The van der Waals surface area contributed by atoms with Crippen LogP contribution >= 0.6 is 0 Å². The van der Waals surface area contributed by atoms with E-state index in [-0.39, 0.29) is 11.8 Å². The second-order valence-corrected chi connectivity index (χ2v) is 6.56. The molecule has 2 N–H and O–H groups in total. The maximum atomic E-state index is 13.0. The van der Waals surface area contributed by atoms with E-state index in [1.807, 2.05) is 6.07 Å². The molecule has 1 unspecified atom stereocenters. The Balaban J connectivity index is 1.44. The Bertz CT molecular complexity index is 700. The second-order valence-electron chi connectivity index (χ2n) is 6.56. The first-order chi connectivity index (χ1) is 12.1. The summed E-state index contributed by atoms with van der Waals surface area (Å²) in [4.78, 5) is 14.2. The van der Waals surface area contributed by atoms with Crippen molar-refractivity contribution in [2.45, 2.75) is 19.4 Å². The third-order valence-electron chi connectivity index (χ3n) is 4.44. The van der Waals surface area contributed by atoms with Gasteiger partial charge in [-0.15, -0.1) is 0 Å². The van der Waals surface area contributed by atoms with Crippen LogP contribution in [-0.2, 0) is 6.54 Å². The molecule has 0 spiro atoms. The van der Waals surface area contributed by atoms with Crippen molar-refractivity contribution in [2.24, 2.45) is 5.92 Å². The van der Waals surface area contributed by atoms with E-state index in [9.17, 15) is 9.18 Å². The van der Waals surface area contributed by atoms with Gasteiger partial charge in [0.05, 0.1) is 17.9 Å².